The molecule has 0 aromatic carbocycles. The Morgan fingerprint density at radius 2 is 1.76 bits per heavy atom. The average Bonchev–Trinajstić information content (AvgIpc) is 2.70. The van der Waals surface area contributed by atoms with Crippen molar-refractivity contribution < 1.29 is 19.8 Å². The topological polar surface area (TPSA) is 101 Å². The Bertz CT molecular complexity index is 569. The number of carbonyl (C=O) groups excluding carboxylic acids is 1. The van der Waals surface area contributed by atoms with Crippen LogP contribution in [0, 0.1) is 5.92 Å². The third-order valence-electron chi connectivity index (χ3n) is 4.40. The smallest absolute Gasteiger partial charge is 0.303 e. The molecular weight excluding hydrogens is 386 g/mol. The van der Waals surface area contributed by atoms with Gasteiger partial charge in [0.05, 0.1) is 18.1 Å². The second kappa shape index (κ2) is 18.4. The molecule has 0 heterocycles. The Hall–Kier alpha value is -1.63. The maximum absolute atomic E-state index is 12.4. The van der Waals surface area contributed by atoms with Gasteiger partial charge in [-0.3, -0.25) is 9.59 Å². The lowest BCUT2D eigenvalue weighted by atomic mass is 9.90. The van der Waals surface area contributed by atoms with E-state index < -0.39 is 24.0 Å². The number of hydrogen-bond acceptors (Lipinski definition) is 5. The molecule has 0 rings (SSSR count). The van der Waals surface area contributed by atoms with Gasteiger partial charge in [0.15, 0.2) is 5.78 Å². The fourth-order valence-electron chi connectivity index (χ4n) is 2.67. The molecule has 0 aliphatic heterocycles. The first-order valence-electron chi connectivity index (χ1n) is 10.4. The van der Waals surface area contributed by atoms with Gasteiger partial charge in [0.25, 0.3) is 0 Å². The van der Waals surface area contributed by atoms with E-state index in [1.165, 1.54) is 19.3 Å². The molecule has 0 aliphatic carbocycles. The number of rotatable bonds is 17. The fraction of sp³-hybridized carbons (Fsp3) is 0.565. The zero-order valence-corrected chi connectivity index (χ0v) is 18.3. The van der Waals surface area contributed by atoms with Crippen LogP contribution in [0.4, 0.5) is 0 Å². The molecule has 0 radical (unpaired) electrons. The zero-order chi connectivity index (χ0) is 21.9. The summed E-state index contributed by atoms with van der Waals surface area (Å²) in [5.74, 6) is -1.80. The van der Waals surface area contributed by atoms with Crippen molar-refractivity contribution >= 4 is 24.4 Å². The number of unbranched alkanes of at least 4 members (excludes halogenated alkanes) is 3. The SMILES string of the molecule is CCCCC/C=C\C/C=C/C=C\C=C\[C@H](C(=O)C(N)CS)[C@@H](O)CCCC(=O)O. The van der Waals surface area contributed by atoms with Gasteiger partial charge in [0.1, 0.15) is 0 Å². The lowest BCUT2D eigenvalue weighted by molar-refractivity contribution is -0.137. The van der Waals surface area contributed by atoms with Crippen molar-refractivity contribution in [1.82, 2.24) is 0 Å². The van der Waals surface area contributed by atoms with E-state index in [-0.39, 0.29) is 24.4 Å². The molecular formula is C23H37NO4S. The predicted octanol–water partition coefficient (Wildman–Crippen LogP) is 4.24. The van der Waals surface area contributed by atoms with Crippen LogP contribution in [0.2, 0.25) is 0 Å². The number of carboxylic acids is 1. The number of aliphatic carboxylic acids is 1. The number of allylic oxidation sites excluding steroid dienone is 7. The van der Waals surface area contributed by atoms with Crippen molar-refractivity contribution in [1.29, 1.82) is 0 Å². The number of aliphatic hydroxyl groups is 1. The van der Waals surface area contributed by atoms with Crippen LogP contribution in [-0.4, -0.2) is 39.9 Å². The maximum atomic E-state index is 12.4. The van der Waals surface area contributed by atoms with E-state index in [9.17, 15) is 14.7 Å². The van der Waals surface area contributed by atoms with E-state index >= 15 is 0 Å². The Balaban J connectivity index is 4.58. The van der Waals surface area contributed by atoms with Crippen LogP contribution < -0.4 is 5.73 Å². The number of hydrogen-bond donors (Lipinski definition) is 4. The van der Waals surface area contributed by atoms with Crippen LogP contribution in [0.3, 0.4) is 0 Å². The van der Waals surface area contributed by atoms with Gasteiger partial charge in [0.2, 0.25) is 0 Å². The highest BCUT2D eigenvalue weighted by atomic mass is 32.1. The first-order chi connectivity index (χ1) is 13.9. The average molecular weight is 424 g/mol. The summed E-state index contributed by atoms with van der Waals surface area (Å²) in [4.78, 5) is 23.0. The van der Waals surface area contributed by atoms with Crippen molar-refractivity contribution in [3.8, 4) is 0 Å². The second-order valence-electron chi connectivity index (χ2n) is 6.97. The Labute approximate surface area is 180 Å². The third kappa shape index (κ3) is 14.9. The second-order valence-corrected chi connectivity index (χ2v) is 7.34. The minimum atomic E-state index is -0.967. The number of carboxylic acid groups (broad SMARTS) is 1. The summed E-state index contributed by atoms with van der Waals surface area (Å²) in [5.41, 5.74) is 5.77. The molecule has 1 unspecified atom stereocenters. The molecule has 4 N–H and O–H groups in total. The Morgan fingerprint density at radius 1 is 1.03 bits per heavy atom. The van der Waals surface area contributed by atoms with Gasteiger partial charge in [-0.05, 0) is 32.1 Å². The van der Waals surface area contributed by atoms with E-state index in [0.29, 0.717) is 6.42 Å². The largest absolute Gasteiger partial charge is 0.481 e. The molecule has 6 heteroatoms. The Morgan fingerprint density at radius 3 is 2.41 bits per heavy atom. The highest BCUT2D eigenvalue weighted by molar-refractivity contribution is 7.80. The van der Waals surface area contributed by atoms with Crippen molar-refractivity contribution in [3.05, 3.63) is 48.6 Å². The summed E-state index contributed by atoms with van der Waals surface area (Å²) < 4.78 is 0. The Kier molecular flexibility index (Phi) is 17.4. The third-order valence-corrected chi connectivity index (χ3v) is 4.79. The van der Waals surface area contributed by atoms with Crippen LogP contribution in [0.5, 0.6) is 0 Å². The molecule has 0 aromatic rings. The van der Waals surface area contributed by atoms with Crippen LogP contribution >= 0.6 is 12.6 Å². The molecule has 0 aliphatic rings. The predicted molar refractivity (Wildman–Crippen MR) is 123 cm³/mol. The molecule has 0 bridgehead atoms. The maximum Gasteiger partial charge on any atom is 0.303 e. The first-order valence-corrected chi connectivity index (χ1v) is 11.0. The van der Waals surface area contributed by atoms with Crippen molar-refractivity contribution in [2.45, 2.75) is 70.4 Å². The summed E-state index contributed by atoms with van der Waals surface area (Å²) in [6.45, 7) is 2.19. The first kappa shape index (κ1) is 27.4. The molecule has 0 saturated heterocycles. The van der Waals surface area contributed by atoms with E-state index in [1.807, 2.05) is 18.2 Å². The highest BCUT2D eigenvalue weighted by Gasteiger charge is 2.27. The van der Waals surface area contributed by atoms with Crippen molar-refractivity contribution in [3.63, 3.8) is 0 Å². The molecule has 0 fully saturated rings. The number of carbonyl (C=O) groups is 2. The molecule has 0 amide bonds. The molecule has 0 spiro atoms. The molecule has 5 nitrogen and oxygen atoms in total. The van der Waals surface area contributed by atoms with Gasteiger partial charge in [-0.2, -0.15) is 12.6 Å². The number of thiol groups is 1. The van der Waals surface area contributed by atoms with Crippen LogP contribution in [0.15, 0.2) is 48.6 Å². The van der Waals surface area contributed by atoms with Gasteiger partial charge in [-0.1, -0.05) is 68.4 Å². The van der Waals surface area contributed by atoms with Gasteiger partial charge in [0, 0.05) is 12.2 Å². The normalized spacial score (nSPS) is 15.6. The summed E-state index contributed by atoms with van der Waals surface area (Å²) >= 11 is 4.05. The van der Waals surface area contributed by atoms with Gasteiger partial charge in [-0.15, -0.1) is 0 Å². The lowest BCUT2D eigenvalue weighted by Gasteiger charge is -2.21. The van der Waals surface area contributed by atoms with Crippen molar-refractivity contribution in [2.24, 2.45) is 11.7 Å². The van der Waals surface area contributed by atoms with E-state index in [2.05, 4.69) is 31.7 Å². The molecule has 164 valence electrons. The molecule has 0 saturated carbocycles. The number of Topliss-reactive ketones (excluding diaryl/α,β-unsaturated/α-hetero) is 1. The molecule has 29 heavy (non-hydrogen) atoms. The minimum absolute atomic E-state index is 0.0436. The van der Waals surface area contributed by atoms with Gasteiger partial charge < -0.3 is 15.9 Å². The lowest BCUT2D eigenvalue weighted by Crippen LogP contribution is -2.41. The zero-order valence-electron chi connectivity index (χ0n) is 17.5. The summed E-state index contributed by atoms with van der Waals surface area (Å²) in [6.07, 6.45) is 20.6. The highest BCUT2D eigenvalue weighted by Crippen LogP contribution is 2.16. The van der Waals surface area contributed by atoms with E-state index in [0.717, 1.165) is 12.8 Å². The van der Waals surface area contributed by atoms with E-state index in [4.69, 9.17) is 10.8 Å². The summed E-state index contributed by atoms with van der Waals surface area (Å²) in [5, 5.41) is 19.0. The molecule has 0 aromatic heterocycles. The van der Waals surface area contributed by atoms with E-state index in [1.54, 1.807) is 18.2 Å². The number of aliphatic hydroxyl groups excluding tert-OH is 1. The van der Waals surface area contributed by atoms with Gasteiger partial charge in [-0.25, -0.2) is 0 Å². The number of nitrogens with two attached hydrogens (primary N) is 1. The van der Waals surface area contributed by atoms with Crippen molar-refractivity contribution in [2.75, 3.05) is 5.75 Å². The van der Waals surface area contributed by atoms with Gasteiger partial charge >= 0.3 is 5.97 Å². The molecule has 3 atom stereocenters. The van der Waals surface area contributed by atoms with Crippen LogP contribution in [0.25, 0.3) is 0 Å². The minimum Gasteiger partial charge on any atom is -0.481 e. The van der Waals surface area contributed by atoms with Crippen LogP contribution in [-0.2, 0) is 9.59 Å². The summed E-state index contributed by atoms with van der Waals surface area (Å²) in [6, 6.07) is -0.768. The number of ketones is 1. The summed E-state index contributed by atoms with van der Waals surface area (Å²) in [7, 11) is 0. The van der Waals surface area contributed by atoms with Crippen LogP contribution in [0.1, 0.15) is 58.3 Å². The quantitative estimate of drug-likeness (QED) is 0.121. The monoisotopic (exact) mass is 423 g/mol. The fourth-order valence-corrected chi connectivity index (χ4v) is 2.85. The standard InChI is InChI=1S/C23H37NO4S/c1-2-3-4-5-6-7-8-9-10-11-12-13-15-19(23(28)20(24)18-29)21(25)16-14-17-22(26)27/h6-7,9-13,15,19-21,25,29H,2-5,8,14,16-18,24H2,1H3,(H,26,27)/b7-6-,10-9+,12-11-,15-13+/t19-,20?,21-/m0/s1.